The molecule has 2 aliphatic rings. The molecule has 4 nitrogen and oxygen atoms in total. The zero-order chi connectivity index (χ0) is 13.1. The Morgan fingerprint density at radius 2 is 2.16 bits per heavy atom. The maximum absolute atomic E-state index is 4.61. The molecule has 1 atom stereocenters. The summed E-state index contributed by atoms with van der Waals surface area (Å²) in [5, 5.41) is 3.47. The van der Waals surface area contributed by atoms with E-state index in [1.165, 1.54) is 43.6 Å². The first-order valence-electron chi connectivity index (χ1n) is 7.77. The van der Waals surface area contributed by atoms with Crippen LogP contribution in [0.4, 0.5) is 0 Å². The number of likely N-dealkylation sites (N-methyl/N-ethyl adjacent to an activating group) is 1. The van der Waals surface area contributed by atoms with E-state index in [0.717, 1.165) is 32.0 Å². The molecule has 1 aromatic rings. The van der Waals surface area contributed by atoms with Crippen LogP contribution < -0.4 is 5.32 Å². The van der Waals surface area contributed by atoms with Crippen LogP contribution in [-0.2, 0) is 6.42 Å². The Morgan fingerprint density at radius 3 is 2.95 bits per heavy atom. The number of hydrogen-bond donors (Lipinski definition) is 2. The van der Waals surface area contributed by atoms with Gasteiger partial charge in [-0.1, -0.05) is 19.3 Å². The van der Waals surface area contributed by atoms with E-state index in [2.05, 4.69) is 33.4 Å². The van der Waals surface area contributed by atoms with Crippen LogP contribution in [0.2, 0.25) is 0 Å². The molecule has 0 aromatic carbocycles. The molecule has 1 saturated heterocycles. The predicted molar refractivity (Wildman–Crippen MR) is 77.4 cm³/mol. The van der Waals surface area contributed by atoms with Gasteiger partial charge in [-0.05, 0) is 19.9 Å². The van der Waals surface area contributed by atoms with E-state index in [1.54, 1.807) is 0 Å². The van der Waals surface area contributed by atoms with Crippen LogP contribution in [0.3, 0.4) is 0 Å². The number of aromatic nitrogens is 2. The Balaban J connectivity index is 1.60. The van der Waals surface area contributed by atoms with Crippen molar-refractivity contribution in [3.05, 3.63) is 17.7 Å². The summed E-state index contributed by atoms with van der Waals surface area (Å²) in [5.74, 6) is 1.90. The van der Waals surface area contributed by atoms with E-state index >= 15 is 0 Å². The monoisotopic (exact) mass is 262 g/mol. The summed E-state index contributed by atoms with van der Waals surface area (Å²) >= 11 is 0. The van der Waals surface area contributed by atoms with Crippen LogP contribution >= 0.6 is 0 Å². The number of rotatable bonds is 3. The maximum atomic E-state index is 4.61. The van der Waals surface area contributed by atoms with Crippen molar-refractivity contribution < 1.29 is 0 Å². The lowest BCUT2D eigenvalue weighted by atomic mass is 9.87. The van der Waals surface area contributed by atoms with Gasteiger partial charge in [0.2, 0.25) is 0 Å². The second-order valence-electron chi connectivity index (χ2n) is 6.16. The molecule has 0 bridgehead atoms. The van der Waals surface area contributed by atoms with Crippen molar-refractivity contribution in [2.45, 2.75) is 50.5 Å². The second kappa shape index (κ2) is 6.06. The standard InChI is InChI=1S/C15H26N4/c1-19-8-7-16-10-13(19)9-15-17-11-14(18-15)12-5-3-2-4-6-12/h11-13,16H,2-10H2,1H3,(H,17,18). The van der Waals surface area contributed by atoms with Crippen LogP contribution in [0, 0.1) is 0 Å². The quantitative estimate of drug-likeness (QED) is 0.874. The van der Waals surface area contributed by atoms with Gasteiger partial charge in [0.05, 0.1) is 0 Å². The number of H-pyrrole nitrogens is 1. The first kappa shape index (κ1) is 13.1. The number of aromatic amines is 1. The zero-order valence-electron chi connectivity index (χ0n) is 12.0. The summed E-state index contributed by atoms with van der Waals surface area (Å²) in [5.41, 5.74) is 1.38. The molecular formula is C15H26N4. The molecule has 1 aliphatic heterocycles. The average molecular weight is 262 g/mol. The minimum atomic E-state index is 0.583. The van der Waals surface area contributed by atoms with Crippen LogP contribution in [-0.4, -0.2) is 47.6 Å². The number of nitrogens with zero attached hydrogens (tertiary/aromatic N) is 2. The van der Waals surface area contributed by atoms with Crippen LogP contribution in [0.25, 0.3) is 0 Å². The topological polar surface area (TPSA) is 44.0 Å². The smallest absolute Gasteiger partial charge is 0.107 e. The van der Waals surface area contributed by atoms with Crippen molar-refractivity contribution in [3.8, 4) is 0 Å². The van der Waals surface area contributed by atoms with Crippen LogP contribution in [0.1, 0.15) is 49.5 Å². The van der Waals surface area contributed by atoms with E-state index < -0.39 is 0 Å². The SMILES string of the molecule is CN1CCNCC1Cc1ncc(C2CCCCC2)[nH]1. The Labute approximate surface area is 116 Å². The Bertz CT molecular complexity index is 395. The Kier molecular flexibility index (Phi) is 4.18. The molecule has 0 spiro atoms. The summed E-state index contributed by atoms with van der Waals surface area (Å²) in [7, 11) is 2.22. The first-order chi connectivity index (χ1) is 9.33. The van der Waals surface area contributed by atoms with Crippen molar-refractivity contribution in [1.82, 2.24) is 20.2 Å². The molecule has 1 saturated carbocycles. The van der Waals surface area contributed by atoms with E-state index in [-0.39, 0.29) is 0 Å². The summed E-state index contributed by atoms with van der Waals surface area (Å²) in [6.45, 7) is 3.33. The maximum Gasteiger partial charge on any atom is 0.107 e. The van der Waals surface area contributed by atoms with Crippen LogP contribution in [0.5, 0.6) is 0 Å². The third-order valence-electron chi connectivity index (χ3n) is 4.77. The van der Waals surface area contributed by atoms with Gasteiger partial charge in [-0.2, -0.15) is 0 Å². The third-order valence-corrected chi connectivity index (χ3v) is 4.77. The van der Waals surface area contributed by atoms with Gasteiger partial charge in [0.15, 0.2) is 0 Å². The molecule has 0 radical (unpaired) electrons. The predicted octanol–water partition coefficient (Wildman–Crippen LogP) is 1.90. The van der Waals surface area contributed by atoms with Crippen molar-refractivity contribution in [2.24, 2.45) is 0 Å². The highest BCUT2D eigenvalue weighted by atomic mass is 15.2. The molecule has 1 aromatic heterocycles. The largest absolute Gasteiger partial charge is 0.346 e. The molecule has 106 valence electrons. The fourth-order valence-electron chi connectivity index (χ4n) is 3.42. The second-order valence-corrected chi connectivity index (χ2v) is 6.16. The molecule has 3 rings (SSSR count). The number of hydrogen-bond acceptors (Lipinski definition) is 3. The molecule has 2 heterocycles. The van der Waals surface area contributed by atoms with Gasteiger partial charge in [-0.25, -0.2) is 4.98 Å². The summed E-state index contributed by atoms with van der Waals surface area (Å²) < 4.78 is 0. The zero-order valence-corrected chi connectivity index (χ0v) is 12.0. The summed E-state index contributed by atoms with van der Waals surface area (Å²) in [6.07, 6.45) is 9.98. The van der Waals surface area contributed by atoms with Crippen molar-refractivity contribution >= 4 is 0 Å². The molecule has 1 aliphatic carbocycles. The van der Waals surface area contributed by atoms with Gasteiger partial charge < -0.3 is 15.2 Å². The third kappa shape index (κ3) is 3.18. The number of nitrogens with one attached hydrogen (secondary N) is 2. The fourth-order valence-corrected chi connectivity index (χ4v) is 3.42. The van der Waals surface area contributed by atoms with Gasteiger partial charge in [0.25, 0.3) is 0 Å². The summed E-state index contributed by atoms with van der Waals surface area (Å²) in [6, 6.07) is 0.583. The molecule has 2 N–H and O–H groups in total. The van der Waals surface area contributed by atoms with Crippen molar-refractivity contribution in [3.63, 3.8) is 0 Å². The van der Waals surface area contributed by atoms with Crippen molar-refractivity contribution in [2.75, 3.05) is 26.7 Å². The minimum absolute atomic E-state index is 0.583. The number of piperazine rings is 1. The first-order valence-corrected chi connectivity index (χ1v) is 7.77. The van der Waals surface area contributed by atoms with E-state index in [9.17, 15) is 0 Å². The highest BCUT2D eigenvalue weighted by molar-refractivity contribution is 5.09. The lowest BCUT2D eigenvalue weighted by Gasteiger charge is -2.32. The van der Waals surface area contributed by atoms with Crippen molar-refractivity contribution in [1.29, 1.82) is 0 Å². The van der Waals surface area contributed by atoms with Gasteiger partial charge in [-0.3, -0.25) is 0 Å². The van der Waals surface area contributed by atoms with E-state index in [1.807, 2.05) is 0 Å². The molecule has 19 heavy (non-hydrogen) atoms. The van der Waals surface area contributed by atoms with Gasteiger partial charge >= 0.3 is 0 Å². The molecule has 0 amide bonds. The van der Waals surface area contributed by atoms with Crippen LogP contribution in [0.15, 0.2) is 6.20 Å². The molecule has 2 fully saturated rings. The molecular weight excluding hydrogens is 236 g/mol. The highest BCUT2D eigenvalue weighted by Crippen LogP contribution is 2.31. The van der Waals surface area contributed by atoms with E-state index in [4.69, 9.17) is 0 Å². The van der Waals surface area contributed by atoms with E-state index in [0.29, 0.717) is 6.04 Å². The fraction of sp³-hybridized carbons (Fsp3) is 0.800. The molecule has 1 unspecified atom stereocenters. The average Bonchev–Trinajstić information content (AvgIpc) is 2.91. The minimum Gasteiger partial charge on any atom is -0.346 e. The number of imidazole rings is 1. The normalized spacial score (nSPS) is 26.7. The van der Waals surface area contributed by atoms with Gasteiger partial charge in [0.1, 0.15) is 5.82 Å². The Hall–Kier alpha value is -0.870. The highest BCUT2D eigenvalue weighted by Gasteiger charge is 2.21. The Morgan fingerprint density at radius 1 is 1.32 bits per heavy atom. The molecule has 4 heteroatoms. The lowest BCUT2D eigenvalue weighted by molar-refractivity contribution is 0.197. The summed E-state index contributed by atoms with van der Waals surface area (Å²) in [4.78, 5) is 10.6. The van der Waals surface area contributed by atoms with Gasteiger partial charge in [-0.15, -0.1) is 0 Å². The van der Waals surface area contributed by atoms with Gasteiger partial charge in [0, 0.05) is 49.9 Å². The lowest BCUT2D eigenvalue weighted by Crippen LogP contribution is -2.50.